The molecule has 0 radical (unpaired) electrons. The molecule has 0 saturated heterocycles. The Kier molecular flexibility index (Phi) is 4.25. The molecule has 2 aromatic carbocycles. The topological polar surface area (TPSA) is 38.0 Å². The lowest BCUT2D eigenvalue weighted by Crippen LogP contribution is -1.96. The second kappa shape index (κ2) is 5.55. The van der Waals surface area contributed by atoms with E-state index in [1.54, 1.807) is 6.07 Å². The molecule has 0 amide bonds. The van der Waals surface area contributed by atoms with Gasteiger partial charge < -0.3 is 11.1 Å². The molecule has 0 aromatic heterocycles. The molecule has 5 heteroatoms. The van der Waals surface area contributed by atoms with Gasteiger partial charge in [-0.1, -0.05) is 23.2 Å². The van der Waals surface area contributed by atoms with Crippen molar-refractivity contribution in [2.24, 2.45) is 0 Å². The van der Waals surface area contributed by atoms with E-state index in [2.05, 4.69) is 27.9 Å². The largest absolute Gasteiger partial charge is 0.398 e. The Hall–Kier alpha value is -0.650. The summed E-state index contributed by atoms with van der Waals surface area (Å²) in [6.45, 7) is 1.97. The SMILES string of the molecule is Cc1cc(N)c(Cl)cc1Nc1ccc(I)cc1Cl. The van der Waals surface area contributed by atoms with Gasteiger partial charge in [-0.15, -0.1) is 0 Å². The molecule has 0 spiro atoms. The van der Waals surface area contributed by atoms with Gasteiger partial charge in [-0.3, -0.25) is 0 Å². The Balaban J connectivity index is 2.37. The van der Waals surface area contributed by atoms with Crippen LogP contribution in [0, 0.1) is 10.5 Å². The van der Waals surface area contributed by atoms with Gasteiger partial charge >= 0.3 is 0 Å². The molecule has 0 saturated carbocycles. The number of hydrogen-bond donors (Lipinski definition) is 2. The van der Waals surface area contributed by atoms with Crippen LogP contribution < -0.4 is 11.1 Å². The molecule has 0 fully saturated rings. The maximum atomic E-state index is 6.18. The highest BCUT2D eigenvalue weighted by atomic mass is 127. The summed E-state index contributed by atoms with van der Waals surface area (Å²) in [4.78, 5) is 0. The maximum absolute atomic E-state index is 6.18. The summed E-state index contributed by atoms with van der Waals surface area (Å²) in [5, 5.41) is 4.47. The van der Waals surface area contributed by atoms with E-state index in [9.17, 15) is 0 Å². The van der Waals surface area contributed by atoms with Gasteiger partial charge in [0.05, 0.1) is 21.4 Å². The summed E-state index contributed by atoms with van der Waals surface area (Å²) in [5.41, 5.74) is 9.09. The average Bonchev–Trinajstić information content (AvgIpc) is 2.29. The van der Waals surface area contributed by atoms with Crippen molar-refractivity contribution < 1.29 is 0 Å². The molecule has 0 aliphatic heterocycles. The molecule has 2 nitrogen and oxygen atoms in total. The van der Waals surface area contributed by atoms with Crippen molar-refractivity contribution >= 4 is 62.9 Å². The van der Waals surface area contributed by atoms with Crippen LogP contribution in [0.3, 0.4) is 0 Å². The first-order valence-electron chi connectivity index (χ1n) is 5.25. The molecule has 0 atom stereocenters. The third-order valence-electron chi connectivity index (χ3n) is 2.54. The Morgan fingerprint density at radius 2 is 1.78 bits per heavy atom. The first kappa shape index (κ1) is 13.8. The number of nitrogens with two attached hydrogens (primary N) is 1. The number of benzene rings is 2. The zero-order chi connectivity index (χ0) is 13.3. The fourth-order valence-electron chi connectivity index (χ4n) is 1.57. The molecule has 0 aliphatic carbocycles. The normalized spacial score (nSPS) is 10.4. The number of aryl methyl sites for hydroxylation is 1. The Morgan fingerprint density at radius 3 is 2.44 bits per heavy atom. The van der Waals surface area contributed by atoms with Gasteiger partial charge in [0.2, 0.25) is 0 Å². The van der Waals surface area contributed by atoms with Gasteiger partial charge in [-0.05, 0) is 65.4 Å². The minimum atomic E-state index is 0.532. The van der Waals surface area contributed by atoms with Crippen LogP contribution in [0.2, 0.25) is 10.0 Å². The first-order chi connectivity index (χ1) is 8.47. The number of nitrogens with one attached hydrogen (secondary N) is 1. The zero-order valence-electron chi connectivity index (χ0n) is 9.60. The molecule has 0 unspecified atom stereocenters. The smallest absolute Gasteiger partial charge is 0.0656 e. The highest BCUT2D eigenvalue weighted by molar-refractivity contribution is 14.1. The van der Waals surface area contributed by atoms with Crippen LogP contribution in [-0.4, -0.2) is 0 Å². The third kappa shape index (κ3) is 3.02. The summed E-state index contributed by atoms with van der Waals surface area (Å²) in [7, 11) is 0. The lowest BCUT2D eigenvalue weighted by molar-refractivity contribution is 1.43. The fraction of sp³-hybridized carbons (Fsp3) is 0.0769. The minimum Gasteiger partial charge on any atom is -0.398 e. The van der Waals surface area contributed by atoms with E-state index in [0.717, 1.165) is 20.5 Å². The first-order valence-corrected chi connectivity index (χ1v) is 7.08. The van der Waals surface area contributed by atoms with Crippen LogP contribution in [0.25, 0.3) is 0 Å². The summed E-state index contributed by atoms with van der Waals surface area (Å²) in [6.07, 6.45) is 0. The number of hydrogen-bond acceptors (Lipinski definition) is 2. The maximum Gasteiger partial charge on any atom is 0.0656 e. The molecular formula is C13H11Cl2IN2. The molecule has 0 heterocycles. The second-order valence-electron chi connectivity index (χ2n) is 3.94. The van der Waals surface area contributed by atoms with Gasteiger partial charge in [0, 0.05) is 9.26 Å². The predicted octanol–water partition coefficient (Wildman–Crippen LogP) is 5.23. The molecule has 2 rings (SSSR count). The zero-order valence-corrected chi connectivity index (χ0v) is 13.3. The van der Waals surface area contributed by atoms with E-state index in [1.165, 1.54) is 0 Å². The lowest BCUT2D eigenvalue weighted by Gasteiger charge is -2.13. The van der Waals surface area contributed by atoms with E-state index >= 15 is 0 Å². The van der Waals surface area contributed by atoms with Gasteiger partial charge in [-0.25, -0.2) is 0 Å². The van der Waals surface area contributed by atoms with Crippen LogP contribution >= 0.6 is 45.8 Å². The number of halogens is 3. The quantitative estimate of drug-likeness (QED) is 0.542. The molecule has 94 valence electrons. The summed E-state index contributed by atoms with van der Waals surface area (Å²) >= 11 is 14.4. The van der Waals surface area contributed by atoms with Crippen molar-refractivity contribution in [3.05, 3.63) is 49.5 Å². The Bertz CT molecular complexity index is 600. The van der Waals surface area contributed by atoms with Crippen molar-refractivity contribution in [3.8, 4) is 0 Å². The molecule has 0 aliphatic rings. The minimum absolute atomic E-state index is 0.532. The van der Waals surface area contributed by atoms with E-state index in [4.69, 9.17) is 28.9 Å². The van der Waals surface area contributed by atoms with Crippen LogP contribution in [0.4, 0.5) is 17.1 Å². The number of nitrogen functional groups attached to an aromatic ring is 1. The van der Waals surface area contributed by atoms with Crippen molar-refractivity contribution in [2.75, 3.05) is 11.1 Å². The van der Waals surface area contributed by atoms with Crippen LogP contribution in [-0.2, 0) is 0 Å². The van der Waals surface area contributed by atoms with Gasteiger partial charge in [-0.2, -0.15) is 0 Å². The van der Waals surface area contributed by atoms with Crippen LogP contribution in [0.1, 0.15) is 5.56 Å². The average molecular weight is 393 g/mol. The highest BCUT2D eigenvalue weighted by Gasteiger charge is 2.06. The van der Waals surface area contributed by atoms with E-state index in [0.29, 0.717) is 15.7 Å². The van der Waals surface area contributed by atoms with Crippen molar-refractivity contribution in [1.82, 2.24) is 0 Å². The fourth-order valence-corrected chi connectivity index (χ4v) is 2.64. The summed E-state index contributed by atoms with van der Waals surface area (Å²) < 4.78 is 1.09. The third-order valence-corrected chi connectivity index (χ3v) is 3.86. The van der Waals surface area contributed by atoms with Gasteiger partial charge in [0.25, 0.3) is 0 Å². The predicted molar refractivity (Wildman–Crippen MR) is 88.1 cm³/mol. The van der Waals surface area contributed by atoms with E-state index < -0.39 is 0 Å². The lowest BCUT2D eigenvalue weighted by atomic mass is 10.1. The number of rotatable bonds is 2. The standard InChI is InChI=1S/C13H11Cl2IN2/c1-7-4-11(17)9(14)6-13(7)18-12-3-2-8(16)5-10(12)15/h2-6,18H,17H2,1H3. The molecular weight excluding hydrogens is 382 g/mol. The van der Waals surface area contributed by atoms with Crippen LogP contribution in [0.5, 0.6) is 0 Å². The van der Waals surface area contributed by atoms with Crippen LogP contribution in [0.15, 0.2) is 30.3 Å². The van der Waals surface area contributed by atoms with Crippen molar-refractivity contribution in [1.29, 1.82) is 0 Å². The van der Waals surface area contributed by atoms with Gasteiger partial charge in [0.15, 0.2) is 0 Å². The van der Waals surface area contributed by atoms with Crippen molar-refractivity contribution in [2.45, 2.75) is 6.92 Å². The second-order valence-corrected chi connectivity index (χ2v) is 6.00. The Morgan fingerprint density at radius 1 is 1.06 bits per heavy atom. The molecule has 18 heavy (non-hydrogen) atoms. The van der Waals surface area contributed by atoms with Crippen molar-refractivity contribution in [3.63, 3.8) is 0 Å². The van der Waals surface area contributed by atoms with Gasteiger partial charge in [0.1, 0.15) is 0 Å². The Labute approximate surface area is 130 Å². The summed E-state index contributed by atoms with van der Waals surface area (Å²) in [6, 6.07) is 9.47. The molecule has 3 N–H and O–H groups in total. The summed E-state index contributed by atoms with van der Waals surface area (Å²) in [5.74, 6) is 0. The van der Waals surface area contributed by atoms with E-state index in [1.807, 2.05) is 31.2 Å². The number of anilines is 3. The molecule has 2 aromatic rings. The molecule has 0 bridgehead atoms. The monoisotopic (exact) mass is 392 g/mol. The highest BCUT2D eigenvalue weighted by Crippen LogP contribution is 2.32. The van der Waals surface area contributed by atoms with E-state index in [-0.39, 0.29) is 0 Å².